The van der Waals surface area contributed by atoms with Crippen LogP contribution in [0.5, 0.6) is 0 Å². The summed E-state index contributed by atoms with van der Waals surface area (Å²) in [6.45, 7) is 1.58. The lowest BCUT2D eigenvalue weighted by molar-refractivity contribution is -0.132. The number of nitrogens with zero attached hydrogens (tertiary/aromatic N) is 5. The predicted molar refractivity (Wildman–Crippen MR) is 95.6 cm³/mol. The maximum absolute atomic E-state index is 12.5. The summed E-state index contributed by atoms with van der Waals surface area (Å²) in [5.41, 5.74) is 0.491. The van der Waals surface area contributed by atoms with E-state index in [1.807, 2.05) is 0 Å². The Hall–Kier alpha value is -2.00. The molecule has 1 fully saturated rings. The van der Waals surface area contributed by atoms with E-state index in [1.165, 1.54) is 18.6 Å². The third kappa shape index (κ3) is 4.39. The lowest BCUT2D eigenvalue weighted by atomic mass is 9.94. The Kier molecular flexibility index (Phi) is 5.57. The van der Waals surface area contributed by atoms with Crippen molar-refractivity contribution in [1.29, 1.82) is 0 Å². The number of hydrogen-bond acceptors (Lipinski definition) is 6. The molecule has 2 aromatic heterocycles. The average Bonchev–Trinajstić information content (AvgIpc) is 3.12. The molecule has 1 atom stereocenters. The Morgan fingerprint density at radius 3 is 2.92 bits per heavy atom. The van der Waals surface area contributed by atoms with Crippen molar-refractivity contribution < 1.29 is 13.2 Å². The van der Waals surface area contributed by atoms with Gasteiger partial charge in [0.1, 0.15) is 12.7 Å². The van der Waals surface area contributed by atoms with Crippen LogP contribution < -0.4 is 0 Å². The maximum atomic E-state index is 12.5. The SMILES string of the molecule is CS(=O)(=O)c1cc(Cl)cnc1C1CCCN(C(=O)CCn2cncn2)C1. The Labute approximate surface area is 157 Å². The van der Waals surface area contributed by atoms with Crippen LogP contribution in [0.2, 0.25) is 5.02 Å². The van der Waals surface area contributed by atoms with E-state index >= 15 is 0 Å². The van der Waals surface area contributed by atoms with E-state index in [0.717, 1.165) is 19.1 Å². The molecular weight excluding hydrogens is 378 g/mol. The van der Waals surface area contributed by atoms with Crippen molar-refractivity contribution in [3.8, 4) is 0 Å². The number of carbonyl (C=O) groups excluding carboxylic acids is 1. The molecule has 1 amide bonds. The van der Waals surface area contributed by atoms with E-state index in [4.69, 9.17) is 11.6 Å². The second kappa shape index (κ2) is 7.71. The number of rotatable bonds is 5. The first-order valence-electron chi connectivity index (χ1n) is 8.30. The molecule has 3 heterocycles. The van der Waals surface area contributed by atoms with Crippen molar-refractivity contribution in [1.82, 2.24) is 24.6 Å². The maximum Gasteiger partial charge on any atom is 0.224 e. The number of carbonyl (C=O) groups is 1. The van der Waals surface area contributed by atoms with Crippen molar-refractivity contribution >= 4 is 27.3 Å². The highest BCUT2D eigenvalue weighted by Gasteiger charge is 2.29. The highest BCUT2D eigenvalue weighted by Crippen LogP contribution is 2.31. The van der Waals surface area contributed by atoms with Gasteiger partial charge >= 0.3 is 0 Å². The van der Waals surface area contributed by atoms with Gasteiger partial charge in [0.25, 0.3) is 0 Å². The largest absolute Gasteiger partial charge is 0.342 e. The molecule has 8 nitrogen and oxygen atoms in total. The Balaban J connectivity index is 1.73. The van der Waals surface area contributed by atoms with Gasteiger partial charge in [-0.05, 0) is 18.9 Å². The number of halogens is 1. The molecule has 1 aliphatic heterocycles. The Morgan fingerprint density at radius 1 is 1.42 bits per heavy atom. The lowest BCUT2D eigenvalue weighted by Crippen LogP contribution is -2.40. The molecular formula is C16H20ClN5O3S. The molecule has 2 aromatic rings. The summed E-state index contributed by atoms with van der Waals surface area (Å²) in [4.78, 5) is 22.6. The molecule has 0 bridgehead atoms. The molecule has 1 saturated heterocycles. The Morgan fingerprint density at radius 2 is 2.23 bits per heavy atom. The summed E-state index contributed by atoms with van der Waals surface area (Å²) >= 11 is 5.93. The van der Waals surface area contributed by atoms with E-state index in [-0.39, 0.29) is 21.7 Å². The van der Waals surface area contributed by atoms with Gasteiger partial charge in [-0.15, -0.1) is 0 Å². The van der Waals surface area contributed by atoms with Gasteiger partial charge in [0.05, 0.1) is 22.2 Å². The smallest absolute Gasteiger partial charge is 0.224 e. The minimum absolute atomic E-state index is 0.0140. The number of likely N-dealkylation sites (tertiary alicyclic amines) is 1. The quantitative estimate of drug-likeness (QED) is 0.758. The summed E-state index contributed by atoms with van der Waals surface area (Å²) in [6.07, 6.45) is 7.51. The molecule has 26 heavy (non-hydrogen) atoms. The number of pyridine rings is 1. The van der Waals surface area contributed by atoms with Gasteiger partial charge in [-0.3, -0.25) is 14.5 Å². The molecule has 1 unspecified atom stereocenters. The molecule has 0 aliphatic carbocycles. The summed E-state index contributed by atoms with van der Waals surface area (Å²) in [7, 11) is -3.45. The van der Waals surface area contributed by atoms with Gasteiger partial charge < -0.3 is 4.90 Å². The molecule has 10 heteroatoms. The van der Waals surface area contributed by atoms with Gasteiger partial charge in [-0.2, -0.15) is 5.10 Å². The second-order valence-corrected chi connectivity index (χ2v) is 8.82. The van der Waals surface area contributed by atoms with E-state index < -0.39 is 9.84 Å². The highest BCUT2D eigenvalue weighted by atomic mass is 35.5. The fourth-order valence-corrected chi connectivity index (χ4v) is 4.34. The number of aryl methyl sites for hydroxylation is 1. The van der Waals surface area contributed by atoms with Gasteiger partial charge in [0, 0.05) is 37.9 Å². The van der Waals surface area contributed by atoms with Crippen LogP contribution in [0.1, 0.15) is 30.9 Å². The molecule has 3 rings (SSSR count). The fraction of sp³-hybridized carbons (Fsp3) is 0.500. The normalized spacial score (nSPS) is 18.1. The van der Waals surface area contributed by atoms with Gasteiger partial charge in [0.2, 0.25) is 5.91 Å². The van der Waals surface area contributed by atoms with Gasteiger partial charge in [0.15, 0.2) is 9.84 Å². The van der Waals surface area contributed by atoms with E-state index in [9.17, 15) is 13.2 Å². The number of hydrogen-bond donors (Lipinski definition) is 0. The lowest BCUT2D eigenvalue weighted by Gasteiger charge is -2.33. The summed E-state index contributed by atoms with van der Waals surface area (Å²) in [5.74, 6) is -0.110. The number of amides is 1. The Bertz CT molecular complexity index is 885. The third-order valence-electron chi connectivity index (χ3n) is 4.43. The molecule has 140 valence electrons. The number of sulfone groups is 1. The van der Waals surface area contributed by atoms with Crippen molar-refractivity contribution in [3.63, 3.8) is 0 Å². The monoisotopic (exact) mass is 397 g/mol. The minimum Gasteiger partial charge on any atom is -0.342 e. The van der Waals surface area contributed by atoms with E-state index in [2.05, 4.69) is 15.1 Å². The summed E-state index contributed by atoms with van der Waals surface area (Å²) < 4.78 is 25.8. The minimum atomic E-state index is -3.45. The van der Waals surface area contributed by atoms with E-state index in [1.54, 1.807) is 15.9 Å². The molecule has 0 radical (unpaired) electrons. The van der Waals surface area contributed by atoms with Crippen molar-refractivity contribution in [2.75, 3.05) is 19.3 Å². The topological polar surface area (TPSA) is 98.1 Å². The number of piperidine rings is 1. The highest BCUT2D eigenvalue weighted by molar-refractivity contribution is 7.90. The predicted octanol–water partition coefficient (Wildman–Crippen LogP) is 1.53. The van der Waals surface area contributed by atoms with Crippen molar-refractivity contribution in [2.45, 2.75) is 36.6 Å². The van der Waals surface area contributed by atoms with Crippen LogP contribution in [0.4, 0.5) is 0 Å². The zero-order chi connectivity index (χ0) is 18.7. The molecule has 0 aromatic carbocycles. The molecule has 1 aliphatic rings. The first kappa shape index (κ1) is 18.8. The average molecular weight is 398 g/mol. The molecule has 0 N–H and O–H groups in total. The zero-order valence-corrected chi connectivity index (χ0v) is 15.9. The van der Waals surface area contributed by atoms with Crippen LogP contribution in [0.15, 0.2) is 29.8 Å². The second-order valence-electron chi connectivity index (χ2n) is 6.40. The van der Waals surface area contributed by atoms with Crippen molar-refractivity contribution in [2.24, 2.45) is 0 Å². The zero-order valence-electron chi connectivity index (χ0n) is 14.4. The van der Waals surface area contributed by atoms with Crippen LogP contribution in [0.25, 0.3) is 0 Å². The fourth-order valence-electron chi connectivity index (χ4n) is 3.18. The van der Waals surface area contributed by atoms with Crippen molar-refractivity contribution in [3.05, 3.63) is 35.6 Å². The van der Waals surface area contributed by atoms with E-state index in [0.29, 0.717) is 31.7 Å². The van der Waals surface area contributed by atoms with Crippen LogP contribution in [0, 0.1) is 0 Å². The number of aromatic nitrogens is 4. The summed E-state index contributed by atoms with van der Waals surface area (Å²) in [6, 6.07) is 1.44. The standard InChI is InChI=1S/C16H20ClN5O3S/c1-26(24,25)14-7-13(17)8-19-16(14)12-3-2-5-21(9-12)15(23)4-6-22-11-18-10-20-22/h7-8,10-12H,2-6,9H2,1H3. The van der Waals surface area contributed by atoms with Crippen LogP contribution in [0.3, 0.4) is 0 Å². The molecule has 0 spiro atoms. The first-order valence-corrected chi connectivity index (χ1v) is 10.6. The summed E-state index contributed by atoms with van der Waals surface area (Å²) in [5, 5.41) is 4.27. The first-order chi connectivity index (χ1) is 12.3. The van der Waals surface area contributed by atoms with Gasteiger partial charge in [-0.1, -0.05) is 11.6 Å². The van der Waals surface area contributed by atoms with Crippen LogP contribution >= 0.6 is 11.6 Å². The van der Waals surface area contributed by atoms with Gasteiger partial charge in [-0.25, -0.2) is 13.4 Å². The third-order valence-corrected chi connectivity index (χ3v) is 5.76. The van der Waals surface area contributed by atoms with Crippen LogP contribution in [-0.2, 0) is 21.2 Å². The van der Waals surface area contributed by atoms with Crippen LogP contribution in [-0.4, -0.2) is 58.3 Å². The molecule has 0 saturated carbocycles.